The van der Waals surface area contributed by atoms with Crippen LogP contribution in [0, 0.1) is 0 Å². The summed E-state index contributed by atoms with van der Waals surface area (Å²) in [5, 5.41) is 8.23. The number of benzene rings is 3. The number of fused-ring (bicyclic) bond motifs is 2. The quantitative estimate of drug-likeness (QED) is 0.379. The number of nitrogens with zero attached hydrogens (tertiary/aromatic N) is 2. The minimum absolute atomic E-state index is 0.193. The number of rotatable bonds is 6. The zero-order valence-corrected chi connectivity index (χ0v) is 19.7. The maximum absolute atomic E-state index is 13.5. The summed E-state index contributed by atoms with van der Waals surface area (Å²) < 4.78 is 28.5. The van der Waals surface area contributed by atoms with E-state index in [9.17, 15) is 13.2 Å². The van der Waals surface area contributed by atoms with Gasteiger partial charge in [-0.15, -0.1) is 0 Å². The maximum atomic E-state index is 13.5. The second-order valence-corrected chi connectivity index (χ2v) is 10.1. The van der Waals surface area contributed by atoms with Crippen LogP contribution in [0.5, 0.6) is 0 Å². The third-order valence-electron chi connectivity index (χ3n) is 6.05. The van der Waals surface area contributed by atoms with Gasteiger partial charge in [0, 0.05) is 23.8 Å². The molecule has 0 spiro atoms. The van der Waals surface area contributed by atoms with Crippen LogP contribution in [0.3, 0.4) is 0 Å². The van der Waals surface area contributed by atoms with Crippen LogP contribution in [0.25, 0.3) is 10.8 Å². The number of anilines is 3. The number of carbonyl (C=O) groups excluding carboxylic acids is 1. The summed E-state index contributed by atoms with van der Waals surface area (Å²) in [6.07, 6.45) is 3.48. The molecule has 0 fully saturated rings. The molecule has 1 unspecified atom stereocenters. The number of amides is 1. The number of pyridine rings is 1. The lowest BCUT2D eigenvalue weighted by Crippen LogP contribution is -2.40. The predicted octanol–water partition coefficient (Wildman–Crippen LogP) is 4.92. The van der Waals surface area contributed by atoms with Crippen molar-refractivity contribution in [2.24, 2.45) is 0 Å². The molecule has 1 aliphatic rings. The van der Waals surface area contributed by atoms with Gasteiger partial charge in [-0.2, -0.15) is 0 Å². The van der Waals surface area contributed by atoms with E-state index in [2.05, 4.69) is 22.2 Å². The molecule has 35 heavy (non-hydrogen) atoms. The Balaban J connectivity index is 1.38. The van der Waals surface area contributed by atoms with Gasteiger partial charge in [0.05, 0.1) is 16.6 Å². The molecule has 1 aliphatic heterocycles. The average Bonchev–Trinajstić information content (AvgIpc) is 2.89. The SMILES string of the molecule is C=CC(=O)NC1CCN(S(=O)(=O)c2ccc(Nc3cc4ccccc4cn3)cc2)c2ccccc21. The molecule has 0 aliphatic carbocycles. The van der Waals surface area contributed by atoms with Crippen LogP contribution in [-0.4, -0.2) is 25.9 Å². The molecule has 7 nitrogen and oxygen atoms in total. The topological polar surface area (TPSA) is 91.4 Å². The largest absolute Gasteiger partial charge is 0.346 e. The molecule has 8 heteroatoms. The van der Waals surface area contributed by atoms with Crippen LogP contribution in [0.4, 0.5) is 17.2 Å². The Labute approximate surface area is 204 Å². The Morgan fingerprint density at radius 2 is 1.71 bits per heavy atom. The second-order valence-electron chi connectivity index (χ2n) is 8.26. The molecular weight excluding hydrogens is 460 g/mol. The van der Waals surface area contributed by atoms with E-state index in [0.29, 0.717) is 17.9 Å². The van der Waals surface area contributed by atoms with Crippen molar-refractivity contribution in [3.63, 3.8) is 0 Å². The summed E-state index contributed by atoms with van der Waals surface area (Å²) in [7, 11) is -3.79. The number of hydrogen-bond donors (Lipinski definition) is 2. The Hall–Kier alpha value is -4.17. The van der Waals surface area contributed by atoms with E-state index in [1.165, 1.54) is 10.4 Å². The molecule has 0 saturated heterocycles. The standard InChI is InChI=1S/C27H24N4O3S/c1-2-27(32)30-24-15-16-31(25-10-6-5-9-23(24)25)35(33,34)22-13-11-21(12-14-22)29-26-17-19-7-3-4-8-20(19)18-28-26/h2-14,17-18,24H,1,15-16H2,(H,28,29)(H,30,32). The number of nitrogens with one attached hydrogen (secondary N) is 2. The third-order valence-corrected chi connectivity index (χ3v) is 7.88. The zero-order chi connectivity index (χ0) is 24.4. The molecule has 5 rings (SSSR count). The van der Waals surface area contributed by atoms with Gasteiger partial charge in [0.2, 0.25) is 5.91 Å². The fraction of sp³-hybridized carbons (Fsp3) is 0.111. The van der Waals surface area contributed by atoms with Crippen LogP contribution in [0.2, 0.25) is 0 Å². The van der Waals surface area contributed by atoms with Crippen molar-refractivity contribution in [1.29, 1.82) is 0 Å². The lowest BCUT2D eigenvalue weighted by Gasteiger charge is -2.35. The van der Waals surface area contributed by atoms with E-state index in [4.69, 9.17) is 0 Å². The molecule has 2 heterocycles. The van der Waals surface area contributed by atoms with Gasteiger partial charge in [-0.05, 0) is 59.8 Å². The molecule has 3 aromatic carbocycles. The summed E-state index contributed by atoms with van der Waals surface area (Å²) in [6.45, 7) is 3.75. The van der Waals surface area contributed by atoms with Gasteiger partial charge in [0.1, 0.15) is 5.82 Å². The minimum atomic E-state index is -3.79. The molecule has 176 valence electrons. The van der Waals surface area contributed by atoms with Crippen molar-refractivity contribution in [3.8, 4) is 0 Å². The molecule has 1 atom stereocenters. The smallest absolute Gasteiger partial charge is 0.264 e. The van der Waals surface area contributed by atoms with Gasteiger partial charge in [0.15, 0.2) is 0 Å². The minimum Gasteiger partial charge on any atom is -0.346 e. The number of sulfonamides is 1. The highest BCUT2D eigenvalue weighted by molar-refractivity contribution is 7.92. The van der Waals surface area contributed by atoms with Gasteiger partial charge in [0.25, 0.3) is 10.0 Å². The molecule has 1 amide bonds. The number of hydrogen-bond acceptors (Lipinski definition) is 5. The van der Waals surface area contributed by atoms with Crippen molar-refractivity contribution in [3.05, 3.63) is 103 Å². The van der Waals surface area contributed by atoms with Crippen LogP contribution < -0.4 is 14.9 Å². The van der Waals surface area contributed by atoms with Crippen molar-refractivity contribution in [1.82, 2.24) is 10.3 Å². The Kier molecular flexibility index (Phi) is 5.96. The second kappa shape index (κ2) is 9.23. The molecule has 1 aromatic heterocycles. The van der Waals surface area contributed by atoms with Crippen molar-refractivity contribution >= 4 is 43.9 Å². The summed E-state index contributed by atoms with van der Waals surface area (Å²) in [4.78, 5) is 16.5. The highest BCUT2D eigenvalue weighted by Gasteiger charge is 2.33. The van der Waals surface area contributed by atoms with Gasteiger partial charge in [-0.1, -0.05) is 49.0 Å². The summed E-state index contributed by atoms with van der Waals surface area (Å²) >= 11 is 0. The van der Waals surface area contributed by atoms with Gasteiger partial charge in [-0.25, -0.2) is 13.4 Å². The van der Waals surface area contributed by atoms with E-state index >= 15 is 0 Å². The molecule has 0 radical (unpaired) electrons. The van der Waals surface area contributed by atoms with E-state index in [1.54, 1.807) is 42.6 Å². The third kappa shape index (κ3) is 4.48. The molecule has 0 saturated carbocycles. The maximum Gasteiger partial charge on any atom is 0.264 e. The molecule has 4 aromatic rings. The number of aromatic nitrogens is 1. The highest BCUT2D eigenvalue weighted by Crippen LogP contribution is 2.37. The lowest BCUT2D eigenvalue weighted by molar-refractivity contribution is -0.117. The van der Waals surface area contributed by atoms with Crippen molar-refractivity contribution < 1.29 is 13.2 Å². The first-order valence-corrected chi connectivity index (χ1v) is 12.7. The number of carbonyl (C=O) groups is 1. The van der Waals surface area contributed by atoms with Crippen LogP contribution in [0.15, 0.2) is 103 Å². The average molecular weight is 485 g/mol. The van der Waals surface area contributed by atoms with E-state index in [1.807, 2.05) is 42.5 Å². The normalized spacial score (nSPS) is 15.3. The van der Waals surface area contributed by atoms with E-state index in [-0.39, 0.29) is 23.4 Å². The first kappa shape index (κ1) is 22.6. The molecule has 2 N–H and O–H groups in total. The van der Waals surface area contributed by atoms with Gasteiger partial charge >= 0.3 is 0 Å². The fourth-order valence-electron chi connectivity index (χ4n) is 4.30. The lowest BCUT2D eigenvalue weighted by atomic mass is 9.98. The Bertz CT molecular complexity index is 1520. The monoisotopic (exact) mass is 484 g/mol. The molecular formula is C27H24N4O3S. The van der Waals surface area contributed by atoms with E-state index < -0.39 is 10.0 Å². The van der Waals surface area contributed by atoms with Crippen molar-refractivity contribution in [2.45, 2.75) is 17.4 Å². The van der Waals surface area contributed by atoms with Gasteiger partial charge in [-0.3, -0.25) is 9.10 Å². The predicted molar refractivity (Wildman–Crippen MR) is 138 cm³/mol. The summed E-state index contributed by atoms with van der Waals surface area (Å²) in [5.74, 6) is 0.391. The first-order valence-electron chi connectivity index (χ1n) is 11.2. The number of para-hydroxylation sites is 1. The van der Waals surface area contributed by atoms with Crippen LogP contribution >= 0.6 is 0 Å². The van der Waals surface area contributed by atoms with E-state index in [0.717, 1.165) is 22.0 Å². The van der Waals surface area contributed by atoms with Crippen LogP contribution in [-0.2, 0) is 14.8 Å². The Morgan fingerprint density at radius 1 is 1.00 bits per heavy atom. The first-order chi connectivity index (χ1) is 17.0. The summed E-state index contributed by atoms with van der Waals surface area (Å²) in [6, 6.07) is 23.5. The fourth-order valence-corrected chi connectivity index (χ4v) is 5.80. The molecule has 0 bridgehead atoms. The van der Waals surface area contributed by atoms with Crippen LogP contribution in [0.1, 0.15) is 18.0 Å². The Morgan fingerprint density at radius 3 is 2.49 bits per heavy atom. The zero-order valence-electron chi connectivity index (χ0n) is 18.9. The summed E-state index contributed by atoms with van der Waals surface area (Å²) in [5.41, 5.74) is 2.06. The van der Waals surface area contributed by atoms with Gasteiger partial charge < -0.3 is 10.6 Å². The van der Waals surface area contributed by atoms with Crippen molar-refractivity contribution in [2.75, 3.05) is 16.2 Å². The highest BCUT2D eigenvalue weighted by atomic mass is 32.2.